The zero-order chi connectivity index (χ0) is 19.1. The van der Waals surface area contributed by atoms with Crippen LogP contribution in [0.25, 0.3) is 16.5 Å². The van der Waals surface area contributed by atoms with Crippen LogP contribution in [0.3, 0.4) is 0 Å². The van der Waals surface area contributed by atoms with E-state index in [1.54, 1.807) is 12.1 Å². The number of para-hydroxylation sites is 1. The molecule has 2 heterocycles. The van der Waals surface area contributed by atoms with Gasteiger partial charge in [0.25, 0.3) is 11.5 Å². The van der Waals surface area contributed by atoms with E-state index < -0.39 is 0 Å². The van der Waals surface area contributed by atoms with Crippen molar-refractivity contribution in [3.05, 3.63) is 70.6 Å². The minimum atomic E-state index is -0.223. The second-order valence-electron chi connectivity index (χ2n) is 7.63. The van der Waals surface area contributed by atoms with Gasteiger partial charge in [-0.25, -0.2) is 0 Å². The fraction of sp³-hybridized carbons (Fsp3) is 0.318. The van der Waals surface area contributed by atoms with Crippen LogP contribution in [-0.4, -0.2) is 45.8 Å². The molecule has 1 N–H and O–H groups in total. The highest BCUT2D eigenvalue weighted by molar-refractivity contribution is 6.05. The molecule has 142 valence electrons. The summed E-state index contributed by atoms with van der Waals surface area (Å²) in [6, 6.07) is 17.2. The Kier molecular flexibility index (Phi) is 4.20. The van der Waals surface area contributed by atoms with Crippen LogP contribution in [0.2, 0.25) is 0 Å². The molecule has 3 aromatic rings. The van der Waals surface area contributed by atoms with E-state index >= 15 is 0 Å². The van der Waals surface area contributed by atoms with E-state index in [0.29, 0.717) is 28.2 Å². The molecule has 2 aliphatic rings. The Morgan fingerprint density at radius 1 is 0.964 bits per heavy atom. The van der Waals surface area contributed by atoms with Crippen LogP contribution in [0.1, 0.15) is 29.8 Å². The molecular formula is C22H22N4O2. The maximum absolute atomic E-state index is 13.1. The molecule has 0 bridgehead atoms. The highest BCUT2D eigenvalue weighted by Crippen LogP contribution is 2.29. The van der Waals surface area contributed by atoms with E-state index in [-0.39, 0.29) is 17.5 Å². The summed E-state index contributed by atoms with van der Waals surface area (Å²) in [4.78, 5) is 28.5. The van der Waals surface area contributed by atoms with Crippen LogP contribution in [0.5, 0.6) is 0 Å². The highest BCUT2D eigenvalue weighted by atomic mass is 16.2. The molecule has 6 heteroatoms. The first-order chi connectivity index (χ1) is 13.7. The lowest BCUT2D eigenvalue weighted by Gasteiger charge is -2.16. The van der Waals surface area contributed by atoms with Crippen molar-refractivity contribution in [1.29, 1.82) is 0 Å². The summed E-state index contributed by atoms with van der Waals surface area (Å²) in [6.45, 7) is 1.93. The van der Waals surface area contributed by atoms with Gasteiger partial charge in [-0.3, -0.25) is 14.5 Å². The Labute approximate surface area is 162 Å². The number of fused-ring (bicyclic) bond motifs is 1. The van der Waals surface area contributed by atoms with Crippen molar-refractivity contribution in [1.82, 2.24) is 20.0 Å². The van der Waals surface area contributed by atoms with Gasteiger partial charge in [0, 0.05) is 30.6 Å². The Morgan fingerprint density at radius 2 is 1.68 bits per heavy atom. The molecule has 2 fully saturated rings. The van der Waals surface area contributed by atoms with Crippen molar-refractivity contribution in [2.75, 3.05) is 13.1 Å². The van der Waals surface area contributed by atoms with Crippen LogP contribution < -0.4 is 10.9 Å². The molecule has 28 heavy (non-hydrogen) atoms. The van der Waals surface area contributed by atoms with Crippen molar-refractivity contribution in [3.63, 3.8) is 0 Å². The Bertz CT molecular complexity index is 1090. The molecule has 1 aliphatic heterocycles. The Morgan fingerprint density at radius 3 is 2.43 bits per heavy atom. The summed E-state index contributed by atoms with van der Waals surface area (Å²) in [7, 11) is 0. The maximum Gasteiger partial charge on any atom is 0.279 e. The number of carbonyl (C=O) groups excluding carboxylic acids is 1. The molecule has 5 rings (SSSR count). The summed E-state index contributed by atoms with van der Waals surface area (Å²) < 4.78 is 1.32. The van der Waals surface area contributed by atoms with E-state index in [1.165, 1.54) is 17.5 Å². The van der Waals surface area contributed by atoms with Crippen LogP contribution in [0, 0.1) is 0 Å². The predicted octanol–water partition coefficient (Wildman–Crippen LogP) is 2.35. The summed E-state index contributed by atoms with van der Waals surface area (Å²) in [5.74, 6) is -0.219. The molecule has 1 aliphatic carbocycles. The Hall–Kier alpha value is -2.99. The summed E-state index contributed by atoms with van der Waals surface area (Å²) >= 11 is 0. The van der Waals surface area contributed by atoms with E-state index in [1.807, 2.05) is 42.5 Å². The number of nitrogens with one attached hydrogen (secondary N) is 1. The van der Waals surface area contributed by atoms with Crippen molar-refractivity contribution in [2.45, 2.75) is 31.3 Å². The molecule has 0 radical (unpaired) electrons. The number of benzene rings is 2. The molecule has 6 nitrogen and oxygen atoms in total. The third kappa shape index (κ3) is 3.10. The molecule has 1 saturated heterocycles. The highest BCUT2D eigenvalue weighted by Gasteiger charge is 2.35. The number of rotatable bonds is 4. The van der Waals surface area contributed by atoms with Gasteiger partial charge in [-0.15, -0.1) is 0 Å². The van der Waals surface area contributed by atoms with Crippen molar-refractivity contribution in [2.24, 2.45) is 0 Å². The van der Waals surface area contributed by atoms with Crippen LogP contribution in [0.4, 0.5) is 0 Å². The van der Waals surface area contributed by atoms with Crippen molar-refractivity contribution < 1.29 is 4.79 Å². The van der Waals surface area contributed by atoms with Gasteiger partial charge >= 0.3 is 0 Å². The smallest absolute Gasteiger partial charge is 0.279 e. The van der Waals surface area contributed by atoms with E-state index in [0.717, 1.165) is 19.5 Å². The second-order valence-corrected chi connectivity index (χ2v) is 7.63. The fourth-order valence-corrected chi connectivity index (χ4v) is 4.03. The van der Waals surface area contributed by atoms with E-state index in [2.05, 4.69) is 15.3 Å². The van der Waals surface area contributed by atoms with Crippen molar-refractivity contribution >= 4 is 16.7 Å². The average Bonchev–Trinajstić information content (AvgIpc) is 3.48. The van der Waals surface area contributed by atoms with Gasteiger partial charge in [-0.05, 0) is 37.5 Å². The Balaban J connectivity index is 1.52. The number of hydrogen-bond donors (Lipinski definition) is 1. The number of amides is 1. The molecule has 1 aromatic heterocycles. The summed E-state index contributed by atoms with van der Waals surface area (Å²) in [6.07, 6.45) is 3.50. The third-order valence-electron chi connectivity index (χ3n) is 5.64. The monoisotopic (exact) mass is 374 g/mol. The van der Waals surface area contributed by atoms with Gasteiger partial charge in [0.1, 0.15) is 0 Å². The molecule has 1 unspecified atom stereocenters. The quantitative estimate of drug-likeness (QED) is 0.761. The number of hydrogen-bond acceptors (Lipinski definition) is 4. The standard InChI is InChI=1S/C22H22N4O2/c27-21(23-15-12-13-25(14-15)16-10-11-16)20-18-8-4-5-9-19(18)22(28)26(24-20)17-6-2-1-3-7-17/h1-9,15-16H,10-14H2,(H,23,27). The number of likely N-dealkylation sites (tertiary alicyclic amines) is 1. The van der Waals surface area contributed by atoms with Crippen LogP contribution in [0.15, 0.2) is 59.4 Å². The minimum Gasteiger partial charge on any atom is -0.347 e. The molecule has 1 atom stereocenters. The first-order valence-corrected chi connectivity index (χ1v) is 9.83. The summed E-state index contributed by atoms with van der Waals surface area (Å²) in [5.41, 5.74) is 0.719. The first kappa shape index (κ1) is 17.1. The molecule has 1 saturated carbocycles. The minimum absolute atomic E-state index is 0.130. The molecule has 2 aromatic carbocycles. The first-order valence-electron chi connectivity index (χ1n) is 9.83. The fourth-order valence-electron chi connectivity index (χ4n) is 4.03. The lowest BCUT2D eigenvalue weighted by atomic mass is 10.1. The van der Waals surface area contributed by atoms with Gasteiger partial charge in [0.05, 0.1) is 11.1 Å². The SMILES string of the molecule is O=C(NC1CCN(C2CC2)C1)c1nn(-c2ccccc2)c(=O)c2ccccc12. The average molecular weight is 374 g/mol. The van der Waals surface area contributed by atoms with Gasteiger partial charge in [0.15, 0.2) is 5.69 Å². The second kappa shape index (κ2) is 6.87. The maximum atomic E-state index is 13.1. The third-order valence-corrected chi connectivity index (χ3v) is 5.64. The lowest BCUT2D eigenvalue weighted by molar-refractivity contribution is 0.0932. The predicted molar refractivity (Wildman–Crippen MR) is 108 cm³/mol. The topological polar surface area (TPSA) is 67.2 Å². The van der Waals surface area contributed by atoms with E-state index in [4.69, 9.17) is 0 Å². The van der Waals surface area contributed by atoms with Gasteiger partial charge in [-0.1, -0.05) is 36.4 Å². The van der Waals surface area contributed by atoms with Crippen LogP contribution in [-0.2, 0) is 0 Å². The lowest BCUT2D eigenvalue weighted by Crippen LogP contribution is -2.39. The van der Waals surface area contributed by atoms with Crippen LogP contribution >= 0.6 is 0 Å². The molecular weight excluding hydrogens is 352 g/mol. The van der Waals surface area contributed by atoms with Gasteiger partial charge < -0.3 is 5.32 Å². The number of nitrogens with zero attached hydrogens (tertiary/aromatic N) is 3. The van der Waals surface area contributed by atoms with Gasteiger partial charge in [0.2, 0.25) is 0 Å². The number of carbonyl (C=O) groups is 1. The molecule has 1 amide bonds. The van der Waals surface area contributed by atoms with Gasteiger partial charge in [-0.2, -0.15) is 9.78 Å². The summed E-state index contributed by atoms with van der Waals surface area (Å²) in [5, 5.41) is 8.69. The zero-order valence-corrected chi connectivity index (χ0v) is 15.5. The van der Waals surface area contributed by atoms with E-state index in [9.17, 15) is 9.59 Å². The largest absolute Gasteiger partial charge is 0.347 e. The van der Waals surface area contributed by atoms with Crippen molar-refractivity contribution in [3.8, 4) is 5.69 Å². The molecule has 0 spiro atoms. The zero-order valence-electron chi connectivity index (χ0n) is 15.5. The number of aromatic nitrogens is 2. The normalized spacial score (nSPS) is 19.8.